The van der Waals surface area contributed by atoms with Crippen LogP contribution in [0.1, 0.15) is 17.4 Å². The first-order valence-corrected chi connectivity index (χ1v) is 11.3. The number of nitrogens with zero attached hydrogens (tertiary/aromatic N) is 3. The van der Waals surface area contributed by atoms with Gasteiger partial charge >= 0.3 is 0 Å². The van der Waals surface area contributed by atoms with Gasteiger partial charge in [0.1, 0.15) is 22.6 Å². The zero-order valence-corrected chi connectivity index (χ0v) is 18.2. The molecule has 8 nitrogen and oxygen atoms in total. The first kappa shape index (κ1) is 21.2. The second kappa shape index (κ2) is 9.01. The van der Waals surface area contributed by atoms with Crippen molar-refractivity contribution < 1.29 is 17.9 Å². The van der Waals surface area contributed by atoms with Crippen LogP contribution in [0, 0.1) is 6.92 Å². The normalized spacial score (nSPS) is 17.3. The quantitative estimate of drug-likeness (QED) is 0.629. The van der Waals surface area contributed by atoms with Crippen LogP contribution in [-0.4, -0.2) is 49.5 Å². The molecule has 31 heavy (non-hydrogen) atoms. The SMILES string of the molecule is COc1ccccc1S(=O)(=O)N1CCOC(c2ccc(Nc3ncccc3C)cn2)C1. The van der Waals surface area contributed by atoms with Crippen LogP contribution in [0.5, 0.6) is 5.75 Å². The highest BCUT2D eigenvalue weighted by Gasteiger charge is 2.33. The predicted molar refractivity (Wildman–Crippen MR) is 117 cm³/mol. The molecule has 1 N–H and O–H groups in total. The van der Waals surface area contributed by atoms with E-state index in [1.165, 1.54) is 11.4 Å². The number of hydrogen-bond acceptors (Lipinski definition) is 7. The second-order valence-corrected chi connectivity index (χ2v) is 9.05. The Balaban J connectivity index is 1.50. The summed E-state index contributed by atoms with van der Waals surface area (Å²) in [6, 6.07) is 14.2. The number of aromatic nitrogens is 2. The van der Waals surface area contributed by atoms with Crippen LogP contribution in [0.15, 0.2) is 65.8 Å². The lowest BCUT2D eigenvalue weighted by molar-refractivity contribution is -0.00495. The molecule has 1 aliphatic heterocycles. The van der Waals surface area contributed by atoms with E-state index in [0.29, 0.717) is 11.4 Å². The molecule has 0 saturated carbocycles. The Labute approximate surface area is 181 Å². The second-order valence-electron chi connectivity index (χ2n) is 7.14. The largest absolute Gasteiger partial charge is 0.495 e. The van der Waals surface area contributed by atoms with Gasteiger partial charge in [0.2, 0.25) is 10.0 Å². The van der Waals surface area contributed by atoms with Gasteiger partial charge < -0.3 is 14.8 Å². The van der Waals surface area contributed by atoms with Gasteiger partial charge in [-0.2, -0.15) is 4.31 Å². The summed E-state index contributed by atoms with van der Waals surface area (Å²) in [6.07, 6.45) is 2.97. The Kier molecular flexibility index (Phi) is 6.17. The fraction of sp³-hybridized carbons (Fsp3) is 0.273. The fourth-order valence-electron chi connectivity index (χ4n) is 3.42. The average molecular weight is 441 g/mol. The van der Waals surface area contributed by atoms with Gasteiger partial charge in [0.25, 0.3) is 0 Å². The number of rotatable bonds is 6. The third kappa shape index (κ3) is 4.53. The highest BCUT2D eigenvalue weighted by atomic mass is 32.2. The highest BCUT2D eigenvalue weighted by molar-refractivity contribution is 7.89. The Morgan fingerprint density at radius 1 is 1.13 bits per heavy atom. The predicted octanol–water partition coefficient (Wildman–Crippen LogP) is 3.30. The Morgan fingerprint density at radius 2 is 1.97 bits per heavy atom. The van der Waals surface area contributed by atoms with Gasteiger partial charge in [-0.3, -0.25) is 4.98 Å². The van der Waals surface area contributed by atoms with Crippen LogP contribution in [0.3, 0.4) is 0 Å². The van der Waals surface area contributed by atoms with Crippen LogP contribution in [-0.2, 0) is 14.8 Å². The molecule has 1 aromatic carbocycles. The van der Waals surface area contributed by atoms with Gasteiger partial charge in [0.15, 0.2) is 0 Å². The lowest BCUT2D eigenvalue weighted by atomic mass is 10.2. The summed E-state index contributed by atoms with van der Waals surface area (Å²) in [6.45, 7) is 2.71. The van der Waals surface area contributed by atoms with Crippen molar-refractivity contribution in [2.24, 2.45) is 0 Å². The third-order valence-electron chi connectivity index (χ3n) is 5.10. The Hall–Kier alpha value is -3.01. The summed E-state index contributed by atoms with van der Waals surface area (Å²) in [7, 11) is -2.26. The number of methoxy groups -OCH3 is 1. The lowest BCUT2D eigenvalue weighted by Gasteiger charge is -2.32. The van der Waals surface area contributed by atoms with Gasteiger partial charge in [-0.1, -0.05) is 18.2 Å². The van der Waals surface area contributed by atoms with Gasteiger partial charge in [0, 0.05) is 19.3 Å². The highest BCUT2D eigenvalue weighted by Crippen LogP contribution is 2.30. The van der Waals surface area contributed by atoms with Crippen LogP contribution < -0.4 is 10.1 Å². The number of nitrogens with one attached hydrogen (secondary N) is 1. The average Bonchev–Trinajstić information content (AvgIpc) is 2.81. The van der Waals surface area contributed by atoms with E-state index in [1.807, 2.05) is 31.2 Å². The summed E-state index contributed by atoms with van der Waals surface area (Å²) < 4.78 is 38.9. The molecule has 0 bridgehead atoms. The molecule has 1 atom stereocenters. The fourth-order valence-corrected chi connectivity index (χ4v) is 5.00. The number of aryl methyl sites for hydroxylation is 1. The summed E-state index contributed by atoms with van der Waals surface area (Å²) in [4.78, 5) is 8.96. The van der Waals surface area contributed by atoms with Gasteiger partial charge in [-0.15, -0.1) is 0 Å². The van der Waals surface area contributed by atoms with E-state index in [2.05, 4.69) is 15.3 Å². The molecule has 0 amide bonds. The summed E-state index contributed by atoms with van der Waals surface area (Å²) in [5, 5.41) is 3.23. The van der Waals surface area contributed by atoms with Gasteiger partial charge in [-0.05, 0) is 42.8 Å². The maximum Gasteiger partial charge on any atom is 0.246 e. The zero-order chi connectivity index (χ0) is 21.8. The minimum absolute atomic E-state index is 0.149. The zero-order valence-electron chi connectivity index (χ0n) is 17.4. The van der Waals surface area contributed by atoms with E-state index < -0.39 is 16.1 Å². The summed E-state index contributed by atoms with van der Waals surface area (Å²) >= 11 is 0. The minimum Gasteiger partial charge on any atom is -0.495 e. The van der Waals surface area contributed by atoms with Gasteiger partial charge in [-0.25, -0.2) is 13.4 Å². The maximum absolute atomic E-state index is 13.2. The van der Waals surface area contributed by atoms with Crippen LogP contribution in [0.25, 0.3) is 0 Å². The van der Waals surface area contributed by atoms with Crippen molar-refractivity contribution in [1.29, 1.82) is 0 Å². The van der Waals surface area contributed by atoms with E-state index in [1.54, 1.807) is 36.7 Å². The Morgan fingerprint density at radius 3 is 2.71 bits per heavy atom. The first-order valence-electron chi connectivity index (χ1n) is 9.88. The van der Waals surface area contributed by atoms with Gasteiger partial charge in [0.05, 0.1) is 31.3 Å². The van der Waals surface area contributed by atoms with Crippen molar-refractivity contribution in [3.8, 4) is 5.75 Å². The van der Waals surface area contributed by atoms with E-state index in [-0.39, 0.29) is 24.6 Å². The topological polar surface area (TPSA) is 93.7 Å². The summed E-state index contributed by atoms with van der Waals surface area (Å²) in [5.41, 5.74) is 2.49. The molecule has 1 saturated heterocycles. The first-order chi connectivity index (χ1) is 15.0. The molecule has 2 aromatic heterocycles. The number of hydrogen-bond donors (Lipinski definition) is 1. The Bertz CT molecular complexity index is 1150. The van der Waals surface area contributed by atoms with E-state index in [9.17, 15) is 8.42 Å². The molecule has 1 aliphatic rings. The van der Waals surface area contributed by atoms with Crippen molar-refractivity contribution >= 4 is 21.5 Å². The number of anilines is 2. The summed E-state index contributed by atoms with van der Waals surface area (Å²) in [5.74, 6) is 1.09. The smallest absolute Gasteiger partial charge is 0.246 e. The number of sulfonamides is 1. The number of morpholine rings is 1. The third-order valence-corrected chi connectivity index (χ3v) is 7.01. The van der Waals surface area contributed by atoms with E-state index in [4.69, 9.17) is 9.47 Å². The van der Waals surface area contributed by atoms with Crippen molar-refractivity contribution in [2.45, 2.75) is 17.9 Å². The van der Waals surface area contributed by atoms with Crippen molar-refractivity contribution in [2.75, 3.05) is 32.1 Å². The van der Waals surface area contributed by atoms with Crippen molar-refractivity contribution in [3.63, 3.8) is 0 Å². The van der Waals surface area contributed by atoms with Crippen molar-refractivity contribution in [3.05, 3.63) is 72.2 Å². The molecule has 0 aliphatic carbocycles. The molecular formula is C22H24N4O4S. The monoisotopic (exact) mass is 440 g/mol. The van der Waals surface area contributed by atoms with Crippen LogP contribution in [0.4, 0.5) is 11.5 Å². The molecule has 162 valence electrons. The minimum atomic E-state index is -3.72. The standard InChI is InChI=1S/C22H24N4O4S/c1-16-6-5-11-23-22(16)25-17-9-10-18(24-14-17)20-15-26(12-13-30-20)31(27,28)21-8-4-3-7-19(21)29-2/h3-11,14,20H,12-13,15H2,1-2H3,(H,23,25). The molecule has 0 spiro atoms. The number of ether oxygens (including phenoxy) is 2. The van der Waals surface area contributed by atoms with Crippen LogP contribution >= 0.6 is 0 Å². The molecule has 1 unspecified atom stereocenters. The molecule has 3 aromatic rings. The molecule has 1 fully saturated rings. The van der Waals surface area contributed by atoms with Crippen molar-refractivity contribution in [1.82, 2.24) is 14.3 Å². The molecular weight excluding hydrogens is 416 g/mol. The van der Waals surface area contributed by atoms with E-state index in [0.717, 1.165) is 17.1 Å². The molecule has 3 heterocycles. The van der Waals surface area contributed by atoms with Crippen LogP contribution in [0.2, 0.25) is 0 Å². The lowest BCUT2D eigenvalue weighted by Crippen LogP contribution is -2.42. The molecule has 0 radical (unpaired) electrons. The number of benzene rings is 1. The molecule has 9 heteroatoms. The molecule has 4 rings (SSSR count). The maximum atomic E-state index is 13.2. The number of para-hydroxylation sites is 1. The van der Waals surface area contributed by atoms with E-state index >= 15 is 0 Å². The number of pyridine rings is 2.